The molecule has 0 saturated carbocycles. The minimum Gasteiger partial charge on any atom is -0.351 e. The van der Waals surface area contributed by atoms with Crippen LogP contribution in [0.15, 0.2) is 91.0 Å². The van der Waals surface area contributed by atoms with Gasteiger partial charge in [0.05, 0.1) is 0 Å². The molecule has 1 heterocycles. The molecular formula is C30H29ClFN3O2. The third-order valence-electron chi connectivity index (χ3n) is 5.80. The number of aromatic amines is 1. The molecule has 0 aliphatic heterocycles. The average molecular weight is 518 g/mol. The monoisotopic (exact) mass is 517 g/mol. The van der Waals surface area contributed by atoms with Crippen molar-refractivity contribution in [3.05, 3.63) is 119 Å². The van der Waals surface area contributed by atoms with E-state index in [2.05, 4.69) is 10.3 Å². The van der Waals surface area contributed by atoms with Crippen LogP contribution in [-0.2, 0) is 11.3 Å². The molecule has 37 heavy (non-hydrogen) atoms. The van der Waals surface area contributed by atoms with Gasteiger partial charge in [-0.05, 0) is 67.8 Å². The third-order valence-corrected chi connectivity index (χ3v) is 6.17. The van der Waals surface area contributed by atoms with Crippen LogP contribution in [0.1, 0.15) is 48.4 Å². The second kappa shape index (κ2) is 11.0. The van der Waals surface area contributed by atoms with E-state index < -0.39 is 17.4 Å². The van der Waals surface area contributed by atoms with Gasteiger partial charge in [-0.1, -0.05) is 72.3 Å². The molecular weight excluding hydrogens is 489 g/mol. The van der Waals surface area contributed by atoms with Crippen molar-refractivity contribution in [1.29, 1.82) is 0 Å². The average Bonchev–Trinajstić information content (AvgIpc) is 3.35. The normalized spacial score (nSPS) is 12.1. The molecule has 1 atom stereocenters. The molecule has 2 N–H and O–H groups in total. The van der Waals surface area contributed by atoms with Crippen molar-refractivity contribution >= 4 is 23.4 Å². The summed E-state index contributed by atoms with van der Waals surface area (Å²) in [5.74, 6) is -1.20. The van der Waals surface area contributed by atoms with Crippen LogP contribution in [0.5, 0.6) is 0 Å². The zero-order valence-electron chi connectivity index (χ0n) is 21.0. The van der Waals surface area contributed by atoms with Crippen LogP contribution in [0, 0.1) is 5.82 Å². The Bertz CT molecular complexity index is 1380. The van der Waals surface area contributed by atoms with E-state index in [0.717, 1.165) is 11.3 Å². The Morgan fingerprint density at radius 3 is 2.22 bits per heavy atom. The molecule has 5 nitrogen and oxygen atoms in total. The molecule has 0 bridgehead atoms. The summed E-state index contributed by atoms with van der Waals surface area (Å²) in [6.07, 6.45) is 0. The summed E-state index contributed by atoms with van der Waals surface area (Å²) < 4.78 is 13.8. The summed E-state index contributed by atoms with van der Waals surface area (Å²) in [7, 11) is 0. The molecule has 0 radical (unpaired) electrons. The third kappa shape index (κ3) is 6.46. The van der Waals surface area contributed by atoms with Gasteiger partial charge >= 0.3 is 0 Å². The van der Waals surface area contributed by atoms with E-state index in [4.69, 9.17) is 11.6 Å². The first-order valence-electron chi connectivity index (χ1n) is 12.0. The fourth-order valence-corrected chi connectivity index (χ4v) is 4.30. The first-order valence-corrected chi connectivity index (χ1v) is 12.4. The zero-order valence-corrected chi connectivity index (χ0v) is 21.7. The minimum atomic E-state index is -1.04. The highest BCUT2D eigenvalue weighted by Crippen LogP contribution is 2.29. The first kappa shape index (κ1) is 26.2. The predicted octanol–water partition coefficient (Wildman–Crippen LogP) is 6.77. The van der Waals surface area contributed by atoms with Crippen molar-refractivity contribution in [3.63, 3.8) is 0 Å². The number of rotatable bonds is 7. The van der Waals surface area contributed by atoms with Crippen LogP contribution < -0.4 is 5.32 Å². The molecule has 0 saturated heterocycles. The summed E-state index contributed by atoms with van der Waals surface area (Å²) in [5, 5.41) is 3.46. The Morgan fingerprint density at radius 1 is 0.919 bits per heavy atom. The van der Waals surface area contributed by atoms with E-state index >= 15 is 0 Å². The van der Waals surface area contributed by atoms with Gasteiger partial charge in [0.25, 0.3) is 5.91 Å². The molecule has 0 spiro atoms. The Hall–Kier alpha value is -3.90. The summed E-state index contributed by atoms with van der Waals surface area (Å²) in [4.78, 5) is 32.4. The number of hydrogen-bond donors (Lipinski definition) is 2. The van der Waals surface area contributed by atoms with Gasteiger partial charge in [-0.25, -0.2) is 4.39 Å². The van der Waals surface area contributed by atoms with Gasteiger partial charge in [-0.3, -0.25) is 9.59 Å². The Kier molecular flexibility index (Phi) is 7.79. The SMILES string of the molecule is CC(C)(C)NC(=O)[C@H](c1ccc(F)cc1)N(Cc1ccccc1Cl)C(=O)c1ccc(-c2ccccc2)[nH]1. The Balaban J connectivity index is 1.80. The maximum absolute atomic E-state index is 14.1. The van der Waals surface area contributed by atoms with Crippen molar-refractivity contribution < 1.29 is 14.0 Å². The van der Waals surface area contributed by atoms with Crippen molar-refractivity contribution in [3.8, 4) is 11.3 Å². The lowest BCUT2D eigenvalue weighted by Crippen LogP contribution is -2.49. The molecule has 7 heteroatoms. The molecule has 0 unspecified atom stereocenters. The smallest absolute Gasteiger partial charge is 0.271 e. The van der Waals surface area contributed by atoms with Gasteiger partial charge < -0.3 is 15.2 Å². The fraction of sp³-hybridized carbons (Fsp3) is 0.200. The van der Waals surface area contributed by atoms with Gasteiger partial charge in [0.1, 0.15) is 17.6 Å². The molecule has 4 aromatic rings. The number of nitrogens with zero attached hydrogens (tertiary/aromatic N) is 1. The van der Waals surface area contributed by atoms with E-state index in [1.165, 1.54) is 29.2 Å². The van der Waals surface area contributed by atoms with Gasteiger partial charge in [0.2, 0.25) is 5.91 Å². The quantitative estimate of drug-likeness (QED) is 0.284. The molecule has 2 amide bonds. The summed E-state index contributed by atoms with van der Waals surface area (Å²) in [6.45, 7) is 5.66. The van der Waals surface area contributed by atoms with Crippen molar-refractivity contribution in [2.75, 3.05) is 0 Å². The van der Waals surface area contributed by atoms with Crippen LogP contribution in [0.3, 0.4) is 0 Å². The Labute approximate surface area is 221 Å². The second-order valence-corrected chi connectivity index (χ2v) is 10.3. The van der Waals surface area contributed by atoms with E-state index in [9.17, 15) is 14.0 Å². The van der Waals surface area contributed by atoms with Crippen LogP contribution in [0.4, 0.5) is 4.39 Å². The standard InChI is InChI=1S/C30H29ClFN3O2/c1-30(2,3)34-28(36)27(21-13-15-23(32)16-14-21)35(19-22-11-7-8-12-24(22)31)29(37)26-18-17-25(33-26)20-9-5-4-6-10-20/h4-18,27,33H,19H2,1-3H3,(H,34,36)/t27-/m0/s1. The topological polar surface area (TPSA) is 65.2 Å². The summed E-state index contributed by atoms with van der Waals surface area (Å²) in [6, 6.07) is 25.0. The molecule has 0 aliphatic carbocycles. The maximum atomic E-state index is 14.1. The number of nitrogens with one attached hydrogen (secondary N) is 2. The molecule has 190 valence electrons. The summed E-state index contributed by atoms with van der Waals surface area (Å²) in [5.41, 5.74) is 2.64. The molecule has 0 fully saturated rings. The van der Waals surface area contributed by atoms with Gasteiger partial charge in [0.15, 0.2) is 0 Å². The van der Waals surface area contributed by atoms with Crippen molar-refractivity contribution in [2.45, 2.75) is 38.9 Å². The first-order chi connectivity index (χ1) is 17.6. The van der Waals surface area contributed by atoms with Crippen molar-refractivity contribution in [2.24, 2.45) is 0 Å². The van der Waals surface area contributed by atoms with Gasteiger partial charge in [-0.2, -0.15) is 0 Å². The minimum absolute atomic E-state index is 0.0673. The highest BCUT2D eigenvalue weighted by Gasteiger charge is 2.34. The molecule has 3 aromatic carbocycles. The van der Waals surface area contributed by atoms with Crippen LogP contribution in [0.2, 0.25) is 5.02 Å². The van der Waals surface area contributed by atoms with Gasteiger partial charge in [-0.15, -0.1) is 0 Å². The fourth-order valence-electron chi connectivity index (χ4n) is 4.11. The van der Waals surface area contributed by atoms with Crippen molar-refractivity contribution in [1.82, 2.24) is 15.2 Å². The highest BCUT2D eigenvalue weighted by molar-refractivity contribution is 6.31. The number of carbonyl (C=O) groups is 2. The molecule has 0 aliphatic rings. The van der Waals surface area contributed by atoms with Crippen LogP contribution >= 0.6 is 11.6 Å². The number of carbonyl (C=O) groups excluding carboxylic acids is 2. The Morgan fingerprint density at radius 2 is 1.57 bits per heavy atom. The number of benzene rings is 3. The number of H-pyrrole nitrogens is 1. The second-order valence-electron chi connectivity index (χ2n) is 9.87. The van der Waals surface area contributed by atoms with Crippen LogP contribution in [0.25, 0.3) is 11.3 Å². The van der Waals surface area contributed by atoms with E-state index in [0.29, 0.717) is 21.8 Å². The molecule has 4 rings (SSSR count). The van der Waals surface area contributed by atoms with E-state index in [1.807, 2.05) is 69.3 Å². The molecule has 1 aromatic heterocycles. The number of amides is 2. The lowest BCUT2D eigenvalue weighted by molar-refractivity contribution is -0.127. The highest BCUT2D eigenvalue weighted by atomic mass is 35.5. The largest absolute Gasteiger partial charge is 0.351 e. The van der Waals surface area contributed by atoms with E-state index in [-0.39, 0.29) is 18.4 Å². The van der Waals surface area contributed by atoms with E-state index in [1.54, 1.807) is 18.2 Å². The zero-order chi connectivity index (χ0) is 26.6. The lowest BCUT2D eigenvalue weighted by Gasteiger charge is -2.34. The van der Waals surface area contributed by atoms with Crippen LogP contribution in [-0.4, -0.2) is 27.2 Å². The number of halogens is 2. The summed E-state index contributed by atoms with van der Waals surface area (Å²) >= 11 is 6.46. The van der Waals surface area contributed by atoms with Gasteiger partial charge in [0, 0.05) is 22.8 Å². The lowest BCUT2D eigenvalue weighted by atomic mass is 10.0. The maximum Gasteiger partial charge on any atom is 0.271 e. The number of aromatic nitrogens is 1. The number of hydrogen-bond acceptors (Lipinski definition) is 2. The predicted molar refractivity (Wildman–Crippen MR) is 145 cm³/mol.